The van der Waals surface area contributed by atoms with Crippen molar-refractivity contribution in [3.63, 3.8) is 0 Å². The Morgan fingerprint density at radius 3 is 2.14 bits per heavy atom. The first kappa shape index (κ1) is 27.9. The van der Waals surface area contributed by atoms with Crippen LogP contribution in [0.3, 0.4) is 0 Å². The minimum absolute atomic E-state index is 0.329. The Morgan fingerprint density at radius 1 is 0.500 bits per heavy atom. The molecule has 0 N–H and O–H groups in total. The molecule has 2 heterocycles. The molecule has 10 aromatic rings. The zero-order valence-corrected chi connectivity index (χ0v) is 28.1. The Morgan fingerprint density at radius 2 is 1.22 bits per heavy atom. The molecule has 1 atom stereocenters. The third-order valence-electron chi connectivity index (χ3n) is 11.0. The maximum atomic E-state index is 2.52. The van der Waals surface area contributed by atoms with Crippen LogP contribution in [0, 0.1) is 0 Å². The highest BCUT2D eigenvalue weighted by Crippen LogP contribution is 2.51. The van der Waals surface area contributed by atoms with Crippen molar-refractivity contribution in [2.45, 2.75) is 12.3 Å². The molecule has 0 aliphatic heterocycles. The minimum atomic E-state index is 0.329. The second-order valence-corrected chi connectivity index (χ2v) is 14.6. The fourth-order valence-corrected chi connectivity index (χ4v) is 10.1. The van der Waals surface area contributed by atoms with E-state index in [9.17, 15) is 0 Å². The van der Waals surface area contributed by atoms with E-state index in [2.05, 4.69) is 174 Å². The van der Waals surface area contributed by atoms with Gasteiger partial charge in [0.25, 0.3) is 0 Å². The lowest BCUT2D eigenvalue weighted by Gasteiger charge is -2.29. The number of hydrogen-bond acceptors (Lipinski definition) is 1. The predicted octanol–water partition coefficient (Wildman–Crippen LogP) is 13.3. The summed E-state index contributed by atoms with van der Waals surface area (Å²) in [5.41, 5.74) is 13.3. The first-order valence-electron chi connectivity index (χ1n) is 17.4. The van der Waals surface area contributed by atoms with Crippen LogP contribution < -0.4 is 0 Å². The number of rotatable bonds is 3. The van der Waals surface area contributed by atoms with Gasteiger partial charge in [-0.05, 0) is 87.1 Å². The zero-order valence-electron chi connectivity index (χ0n) is 27.3. The first-order chi connectivity index (χ1) is 24.8. The number of para-hydroxylation sites is 1. The normalized spacial score (nSPS) is 14.1. The molecule has 2 heteroatoms. The molecule has 1 aliphatic rings. The molecule has 8 aromatic carbocycles. The average Bonchev–Trinajstić information content (AvgIpc) is 3.74. The summed E-state index contributed by atoms with van der Waals surface area (Å²) >= 11 is 1.96. The van der Waals surface area contributed by atoms with Gasteiger partial charge in [0, 0.05) is 42.2 Å². The van der Waals surface area contributed by atoms with Crippen molar-refractivity contribution in [3.05, 3.63) is 187 Å². The fraction of sp³-hybridized carbons (Fsp3) is 0.0417. The van der Waals surface area contributed by atoms with Gasteiger partial charge < -0.3 is 4.57 Å². The first-order valence-corrected chi connectivity index (χ1v) is 18.3. The van der Waals surface area contributed by atoms with Gasteiger partial charge >= 0.3 is 0 Å². The van der Waals surface area contributed by atoms with Crippen molar-refractivity contribution in [1.82, 2.24) is 4.57 Å². The quantitative estimate of drug-likeness (QED) is 0.179. The van der Waals surface area contributed by atoms with E-state index in [-0.39, 0.29) is 0 Å². The van der Waals surface area contributed by atoms with Crippen molar-refractivity contribution in [2.24, 2.45) is 0 Å². The molecule has 0 saturated heterocycles. The van der Waals surface area contributed by atoms with Gasteiger partial charge in [-0.3, -0.25) is 0 Å². The summed E-state index contributed by atoms with van der Waals surface area (Å²) in [6.45, 7) is 0. The van der Waals surface area contributed by atoms with Crippen LogP contribution in [0.5, 0.6) is 0 Å². The van der Waals surface area contributed by atoms with E-state index < -0.39 is 0 Å². The number of fused-ring (bicyclic) bond motifs is 11. The Labute approximate surface area is 294 Å². The van der Waals surface area contributed by atoms with E-state index in [4.69, 9.17) is 0 Å². The highest BCUT2D eigenvalue weighted by Gasteiger charge is 2.30. The van der Waals surface area contributed by atoms with Gasteiger partial charge in [-0.1, -0.05) is 133 Å². The Kier molecular flexibility index (Phi) is 6.02. The molecule has 0 bridgehead atoms. The van der Waals surface area contributed by atoms with Gasteiger partial charge in [0.2, 0.25) is 0 Å². The van der Waals surface area contributed by atoms with E-state index >= 15 is 0 Å². The van der Waals surface area contributed by atoms with Crippen LogP contribution in [0.1, 0.15) is 22.6 Å². The fourth-order valence-electron chi connectivity index (χ4n) is 8.77. The molecule has 0 fully saturated rings. The molecule has 0 radical (unpaired) electrons. The maximum Gasteiger partial charge on any atom is 0.0541 e. The van der Waals surface area contributed by atoms with Crippen molar-refractivity contribution < 1.29 is 0 Å². The van der Waals surface area contributed by atoms with Crippen LogP contribution in [-0.4, -0.2) is 4.57 Å². The zero-order chi connectivity index (χ0) is 32.8. The van der Waals surface area contributed by atoms with Crippen molar-refractivity contribution >= 4 is 64.1 Å². The van der Waals surface area contributed by atoms with E-state index in [0.717, 1.165) is 6.42 Å². The number of aromatic nitrogens is 1. The van der Waals surface area contributed by atoms with Crippen LogP contribution in [0.2, 0.25) is 0 Å². The van der Waals surface area contributed by atoms with Crippen LogP contribution in [0.15, 0.2) is 170 Å². The molecule has 234 valence electrons. The van der Waals surface area contributed by atoms with Crippen LogP contribution >= 0.6 is 11.3 Å². The minimum Gasteiger partial charge on any atom is -0.309 e. The molecule has 0 saturated carbocycles. The molecule has 1 unspecified atom stereocenters. The molecule has 11 rings (SSSR count). The summed E-state index contributed by atoms with van der Waals surface area (Å²) in [4.78, 5) is 0. The summed E-state index contributed by atoms with van der Waals surface area (Å²) in [6, 6.07) is 63.1. The second-order valence-electron chi connectivity index (χ2n) is 13.6. The van der Waals surface area contributed by atoms with Gasteiger partial charge in [-0.15, -0.1) is 11.3 Å². The van der Waals surface area contributed by atoms with Gasteiger partial charge in [0.05, 0.1) is 16.7 Å². The van der Waals surface area contributed by atoms with Gasteiger partial charge in [0.1, 0.15) is 0 Å². The smallest absolute Gasteiger partial charge is 0.0541 e. The Balaban J connectivity index is 1.20. The molecule has 2 aromatic heterocycles. The van der Waals surface area contributed by atoms with E-state index in [1.54, 1.807) is 0 Å². The largest absolute Gasteiger partial charge is 0.309 e. The lowest BCUT2D eigenvalue weighted by atomic mass is 9.74. The van der Waals surface area contributed by atoms with Gasteiger partial charge in [-0.25, -0.2) is 0 Å². The summed E-state index contributed by atoms with van der Waals surface area (Å²) < 4.78 is 5.23. The SMILES string of the molecule is c1ccc(C2Cc3c(cc(-c4ccc5c(c4)c4ccccc4n5-c4cccc5ccccc45)c4c3sc3ccccc34)-c3ccccc32)cc1. The molecule has 1 nitrogen and oxygen atoms in total. The molecular formula is C48H31NS. The third-order valence-corrected chi connectivity index (χ3v) is 12.2. The highest BCUT2D eigenvalue weighted by atomic mass is 32.1. The van der Waals surface area contributed by atoms with E-state index in [0.29, 0.717) is 5.92 Å². The summed E-state index contributed by atoms with van der Waals surface area (Å²) in [5, 5.41) is 7.79. The van der Waals surface area contributed by atoms with E-state index in [1.807, 2.05) is 11.3 Å². The maximum absolute atomic E-state index is 2.52. The van der Waals surface area contributed by atoms with Crippen LogP contribution in [-0.2, 0) is 6.42 Å². The number of thiophene rings is 1. The second kappa shape index (κ2) is 10.8. The number of hydrogen-bond donors (Lipinski definition) is 0. The third kappa shape index (κ3) is 4.00. The lowest BCUT2D eigenvalue weighted by molar-refractivity contribution is 0.800. The van der Waals surface area contributed by atoms with Gasteiger partial charge in [-0.2, -0.15) is 0 Å². The molecule has 1 aliphatic carbocycles. The topological polar surface area (TPSA) is 4.93 Å². The monoisotopic (exact) mass is 653 g/mol. The van der Waals surface area contributed by atoms with Crippen molar-refractivity contribution in [3.8, 4) is 27.9 Å². The summed E-state index contributed by atoms with van der Waals surface area (Å²) in [7, 11) is 0. The number of benzene rings is 8. The molecule has 0 spiro atoms. The van der Waals surface area contributed by atoms with Crippen LogP contribution in [0.4, 0.5) is 0 Å². The molecular weight excluding hydrogens is 623 g/mol. The van der Waals surface area contributed by atoms with Crippen LogP contribution in [0.25, 0.3) is 80.7 Å². The van der Waals surface area contributed by atoms with Crippen molar-refractivity contribution in [1.29, 1.82) is 0 Å². The van der Waals surface area contributed by atoms with Crippen molar-refractivity contribution in [2.75, 3.05) is 0 Å². The van der Waals surface area contributed by atoms with E-state index in [1.165, 1.54) is 97.4 Å². The summed E-state index contributed by atoms with van der Waals surface area (Å²) in [5.74, 6) is 0.329. The molecule has 0 amide bonds. The standard InChI is InChI=1S/C48H31NS/c1-2-13-31(14-3-1)38-28-42-40(35-19-7-6-18-34(35)38)29-39(47-37-21-9-11-24-46(37)50-48(42)47)32-25-26-45-41(27-32)36-20-8-10-22-44(36)49(45)43-23-12-16-30-15-4-5-17-33(30)43/h1-27,29,38H,28H2. The Hall–Kier alpha value is -5.96. The highest BCUT2D eigenvalue weighted by molar-refractivity contribution is 7.26. The number of nitrogens with zero attached hydrogens (tertiary/aromatic N) is 1. The molecule has 50 heavy (non-hydrogen) atoms. The average molecular weight is 654 g/mol. The van der Waals surface area contributed by atoms with Gasteiger partial charge in [0.15, 0.2) is 0 Å². The Bertz CT molecular complexity index is 2960. The lowest BCUT2D eigenvalue weighted by Crippen LogP contribution is -2.13. The summed E-state index contributed by atoms with van der Waals surface area (Å²) in [6.07, 6.45) is 0.998. The predicted molar refractivity (Wildman–Crippen MR) is 214 cm³/mol.